The van der Waals surface area contributed by atoms with E-state index in [4.69, 9.17) is 4.52 Å². The number of benzene rings is 1. The van der Waals surface area contributed by atoms with Crippen molar-refractivity contribution in [3.63, 3.8) is 0 Å². The van der Waals surface area contributed by atoms with Gasteiger partial charge in [0.15, 0.2) is 5.82 Å². The zero-order valence-corrected chi connectivity index (χ0v) is 12.6. The first kappa shape index (κ1) is 14.9. The van der Waals surface area contributed by atoms with Crippen LogP contribution in [-0.2, 0) is 17.6 Å². The van der Waals surface area contributed by atoms with E-state index >= 15 is 0 Å². The van der Waals surface area contributed by atoms with Gasteiger partial charge in [0.25, 0.3) is 0 Å². The predicted octanol–water partition coefficient (Wildman–Crippen LogP) is 2.23. The molecule has 0 aliphatic carbocycles. The van der Waals surface area contributed by atoms with E-state index in [1.807, 2.05) is 6.07 Å². The number of carbonyl (C=O) groups excluding carboxylic acids is 1. The van der Waals surface area contributed by atoms with E-state index in [1.165, 1.54) is 5.56 Å². The number of aromatic nitrogens is 2. The van der Waals surface area contributed by atoms with Crippen LogP contribution in [0.3, 0.4) is 0 Å². The van der Waals surface area contributed by atoms with Gasteiger partial charge in [-0.3, -0.25) is 4.90 Å². The fraction of sp³-hybridized carbons (Fsp3) is 0.471. The molecule has 0 bridgehead atoms. The molecule has 5 nitrogen and oxygen atoms in total. The van der Waals surface area contributed by atoms with E-state index in [0.29, 0.717) is 6.54 Å². The SMILES string of the molecule is O=CCN1CCC(c2nc(CCCc3ccccc3)no2)C1. The van der Waals surface area contributed by atoms with Gasteiger partial charge in [-0.2, -0.15) is 4.98 Å². The predicted molar refractivity (Wildman–Crippen MR) is 82.6 cm³/mol. The largest absolute Gasteiger partial charge is 0.339 e. The van der Waals surface area contributed by atoms with Gasteiger partial charge in [0.1, 0.15) is 6.29 Å². The number of aryl methyl sites for hydroxylation is 2. The zero-order valence-electron chi connectivity index (χ0n) is 12.6. The number of aldehydes is 1. The van der Waals surface area contributed by atoms with Gasteiger partial charge in [0.05, 0.1) is 12.5 Å². The molecule has 0 spiro atoms. The molecule has 2 heterocycles. The van der Waals surface area contributed by atoms with E-state index in [2.05, 4.69) is 39.3 Å². The molecule has 1 aromatic carbocycles. The minimum atomic E-state index is 0.273. The van der Waals surface area contributed by atoms with Gasteiger partial charge in [-0.05, 0) is 31.4 Å². The van der Waals surface area contributed by atoms with E-state index < -0.39 is 0 Å². The van der Waals surface area contributed by atoms with Crippen LogP contribution < -0.4 is 0 Å². The average molecular weight is 299 g/mol. The molecule has 2 aromatic rings. The standard InChI is InChI=1S/C17H21N3O2/c21-12-11-20-10-9-15(13-20)17-18-16(19-22-17)8-4-7-14-5-2-1-3-6-14/h1-3,5-6,12,15H,4,7-11,13H2. The molecule has 1 aromatic heterocycles. The number of hydrogen-bond donors (Lipinski definition) is 0. The highest BCUT2D eigenvalue weighted by atomic mass is 16.5. The minimum absolute atomic E-state index is 0.273. The van der Waals surface area contributed by atoms with Crippen molar-refractivity contribution < 1.29 is 9.32 Å². The molecule has 1 aliphatic rings. The van der Waals surface area contributed by atoms with Crippen LogP contribution >= 0.6 is 0 Å². The molecule has 1 fully saturated rings. The van der Waals surface area contributed by atoms with Gasteiger partial charge in [-0.1, -0.05) is 35.5 Å². The lowest BCUT2D eigenvalue weighted by molar-refractivity contribution is -0.108. The van der Waals surface area contributed by atoms with Crippen LogP contribution in [0, 0.1) is 0 Å². The summed E-state index contributed by atoms with van der Waals surface area (Å²) in [5.74, 6) is 1.79. The van der Waals surface area contributed by atoms with Crippen molar-refractivity contribution in [1.82, 2.24) is 15.0 Å². The van der Waals surface area contributed by atoms with E-state index in [0.717, 1.165) is 56.8 Å². The van der Waals surface area contributed by atoms with Gasteiger partial charge < -0.3 is 9.32 Å². The molecule has 22 heavy (non-hydrogen) atoms. The van der Waals surface area contributed by atoms with Crippen molar-refractivity contribution in [1.29, 1.82) is 0 Å². The summed E-state index contributed by atoms with van der Waals surface area (Å²) in [7, 11) is 0. The maximum atomic E-state index is 10.6. The Balaban J connectivity index is 1.48. The first-order valence-electron chi connectivity index (χ1n) is 7.87. The molecule has 3 rings (SSSR count). The van der Waals surface area contributed by atoms with Gasteiger partial charge in [-0.15, -0.1) is 0 Å². The van der Waals surface area contributed by atoms with Crippen LogP contribution in [0.25, 0.3) is 0 Å². The molecule has 1 saturated heterocycles. The third-order valence-corrected chi connectivity index (χ3v) is 4.15. The first-order valence-corrected chi connectivity index (χ1v) is 7.87. The van der Waals surface area contributed by atoms with Crippen molar-refractivity contribution in [3.05, 3.63) is 47.6 Å². The van der Waals surface area contributed by atoms with Gasteiger partial charge in [-0.25, -0.2) is 0 Å². The fourth-order valence-electron chi connectivity index (χ4n) is 2.94. The van der Waals surface area contributed by atoms with Crippen molar-refractivity contribution in [3.8, 4) is 0 Å². The maximum absolute atomic E-state index is 10.6. The number of carbonyl (C=O) groups is 1. The van der Waals surface area contributed by atoms with Gasteiger partial charge in [0, 0.05) is 13.0 Å². The normalized spacial score (nSPS) is 18.6. The van der Waals surface area contributed by atoms with Crippen molar-refractivity contribution >= 4 is 6.29 Å². The minimum Gasteiger partial charge on any atom is -0.339 e. The second-order valence-corrected chi connectivity index (χ2v) is 5.80. The molecule has 1 aliphatic heterocycles. The topological polar surface area (TPSA) is 59.2 Å². The van der Waals surface area contributed by atoms with E-state index in [1.54, 1.807) is 0 Å². The van der Waals surface area contributed by atoms with Crippen LogP contribution in [0.1, 0.15) is 36.0 Å². The summed E-state index contributed by atoms with van der Waals surface area (Å²) in [5, 5.41) is 4.09. The fourth-order valence-corrected chi connectivity index (χ4v) is 2.94. The average Bonchev–Trinajstić information content (AvgIpc) is 3.18. The smallest absolute Gasteiger partial charge is 0.231 e. The number of rotatable bonds is 7. The highest BCUT2D eigenvalue weighted by molar-refractivity contribution is 5.52. The Morgan fingerprint density at radius 2 is 2.14 bits per heavy atom. The Morgan fingerprint density at radius 1 is 1.27 bits per heavy atom. The summed E-state index contributed by atoms with van der Waals surface area (Å²) in [6, 6.07) is 10.4. The maximum Gasteiger partial charge on any atom is 0.231 e. The molecular formula is C17H21N3O2. The lowest BCUT2D eigenvalue weighted by atomic mass is 10.1. The number of likely N-dealkylation sites (tertiary alicyclic amines) is 1. The number of nitrogens with zero attached hydrogens (tertiary/aromatic N) is 3. The lowest BCUT2D eigenvalue weighted by Gasteiger charge is -2.09. The second kappa shape index (κ2) is 7.31. The highest BCUT2D eigenvalue weighted by Gasteiger charge is 2.27. The van der Waals surface area contributed by atoms with E-state index in [-0.39, 0.29) is 5.92 Å². The van der Waals surface area contributed by atoms with Crippen LogP contribution in [0.4, 0.5) is 0 Å². The summed E-state index contributed by atoms with van der Waals surface area (Å²) in [6.07, 6.45) is 4.82. The summed E-state index contributed by atoms with van der Waals surface area (Å²) >= 11 is 0. The zero-order chi connectivity index (χ0) is 15.2. The highest BCUT2D eigenvalue weighted by Crippen LogP contribution is 2.25. The third-order valence-electron chi connectivity index (χ3n) is 4.15. The van der Waals surface area contributed by atoms with Crippen LogP contribution in [0.5, 0.6) is 0 Å². The Kier molecular flexibility index (Phi) is 4.96. The molecule has 5 heteroatoms. The first-order chi connectivity index (χ1) is 10.8. The Hall–Kier alpha value is -2.01. The van der Waals surface area contributed by atoms with Crippen molar-refractivity contribution in [2.45, 2.75) is 31.6 Å². The Morgan fingerprint density at radius 3 is 2.95 bits per heavy atom. The molecule has 0 N–H and O–H groups in total. The molecular weight excluding hydrogens is 278 g/mol. The molecule has 0 saturated carbocycles. The van der Waals surface area contributed by atoms with Crippen LogP contribution in [-0.4, -0.2) is 41.0 Å². The van der Waals surface area contributed by atoms with Gasteiger partial charge in [0.2, 0.25) is 5.89 Å². The summed E-state index contributed by atoms with van der Waals surface area (Å²) in [6.45, 7) is 2.26. The van der Waals surface area contributed by atoms with Gasteiger partial charge >= 0.3 is 0 Å². The van der Waals surface area contributed by atoms with Crippen molar-refractivity contribution in [2.75, 3.05) is 19.6 Å². The molecule has 116 valence electrons. The van der Waals surface area contributed by atoms with Crippen LogP contribution in [0.15, 0.2) is 34.9 Å². The quantitative estimate of drug-likeness (QED) is 0.734. The lowest BCUT2D eigenvalue weighted by Crippen LogP contribution is -2.22. The Labute approximate surface area is 130 Å². The molecule has 0 amide bonds. The number of hydrogen-bond acceptors (Lipinski definition) is 5. The van der Waals surface area contributed by atoms with E-state index in [9.17, 15) is 4.79 Å². The second-order valence-electron chi connectivity index (χ2n) is 5.80. The molecule has 1 atom stereocenters. The third kappa shape index (κ3) is 3.80. The summed E-state index contributed by atoms with van der Waals surface area (Å²) < 4.78 is 5.40. The summed E-state index contributed by atoms with van der Waals surface area (Å²) in [4.78, 5) is 17.2. The monoisotopic (exact) mass is 299 g/mol. The summed E-state index contributed by atoms with van der Waals surface area (Å²) in [5.41, 5.74) is 1.34. The van der Waals surface area contributed by atoms with Crippen LogP contribution in [0.2, 0.25) is 0 Å². The molecule has 1 unspecified atom stereocenters. The Bertz CT molecular complexity index is 597. The molecule has 0 radical (unpaired) electrons. The van der Waals surface area contributed by atoms with Crippen molar-refractivity contribution in [2.24, 2.45) is 0 Å².